The minimum Gasteiger partial charge on any atom is -0.388 e. The zero-order chi connectivity index (χ0) is 5.41. The Morgan fingerprint density at radius 3 is 1.17 bits per heavy atom. The predicted molar refractivity (Wildman–Crippen MR) is 25.8 cm³/mol. The average Bonchev–Trinajstić information content (AvgIpc) is 1.39. The van der Waals surface area contributed by atoms with Crippen LogP contribution in [0.4, 0.5) is 0 Å². The van der Waals surface area contributed by atoms with Gasteiger partial charge in [0.1, 0.15) is 0 Å². The van der Waals surface area contributed by atoms with Gasteiger partial charge in [0.2, 0.25) is 0 Å². The molecule has 6 heavy (non-hydrogen) atoms. The lowest BCUT2D eigenvalue weighted by atomic mass is 11.6. The summed E-state index contributed by atoms with van der Waals surface area (Å²) in [6.07, 6.45) is 0. The minimum atomic E-state index is 1.39. The van der Waals surface area contributed by atoms with Crippen LogP contribution in [0.5, 0.6) is 0 Å². The second-order valence-electron chi connectivity index (χ2n) is 0.563. The van der Waals surface area contributed by atoms with E-state index in [0.29, 0.717) is 0 Å². The third kappa shape index (κ3) is 984. The smallest absolute Gasteiger partial charge is 0.0606 e. The summed E-state index contributed by atoms with van der Waals surface area (Å²) in [5.41, 5.74) is 0. The molecule has 3 heteroatoms. The molecule has 0 N–H and O–H groups in total. The Kier molecular flexibility index (Phi) is 30.0. The highest BCUT2D eigenvalue weighted by Crippen LogP contribution is 1.59. The predicted octanol–water partition coefficient (Wildman–Crippen LogP) is 1.05. The largest absolute Gasteiger partial charge is 0.388 e. The summed E-state index contributed by atoms with van der Waals surface area (Å²) in [5, 5.41) is 0. The van der Waals surface area contributed by atoms with Crippen molar-refractivity contribution in [3.8, 4) is 0 Å². The third-order valence-corrected chi connectivity index (χ3v) is 0. The van der Waals surface area contributed by atoms with Crippen LogP contribution in [-0.2, 0) is 9.03 Å². The lowest BCUT2D eigenvalue weighted by molar-refractivity contribution is 0.277. The van der Waals surface area contributed by atoms with Gasteiger partial charge in [0.25, 0.3) is 0 Å². The molecular weight excluding hydrogens is 103 g/mol. The Bertz CT molecular complexity index is 10.8. The van der Waals surface area contributed by atoms with Crippen molar-refractivity contribution in [2.75, 3.05) is 21.3 Å². The van der Waals surface area contributed by atoms with Gasteiger partial charge in [0.05, 0.1) is 19.0 Å². The zero-order valence-electron chi connectivity index (χ0n) is 4.19. The molecular formula is C3H9ClO2. The van der Waals surface area contributed by atoms with Crippen molar-refractivity contribution in [1.29, 1.82) is 0 Å². The standard InChI is InChI=1S/C2H6O.CH3ClO/c2*1-3-2/h1-2H3;1H3. The van der Waals surface area contributed by atoms with Crippen LogP contribution in [0.15, 0.2) is 0 Å². The molecule has 0 heterocycles. The van der Waals surface area contributed by atoms with Gasteiger partial charge < -0.3 is 4.74 Å². The van der Waals surface area contributed by atoms with E-state index in [9.17, 15) is 0 Å². The summed E-state index contributed by atoms with van der Waals surface area (Å²) >= 11 is 4.50. The summed E-state index contributed by atoms with van der Waals surface area (Å²) in [6, 6.07) is 0. The highest BCUT2D eigenvalue weighted by molar-refractivity contribution is 6.07. The maximum atomic E-state index is 4.50. The van der Waals surface area contributed by atoms with E-state index in [-0.39, 0.29) is 0 Å². The van der Waals surface area contributed by atoms with Crippen molar-refractivity contribution >= 4 is 11.9 Å². The van der Waals surface area contributed by atoms with Gasteiger partial charge in [-0.15, -0.1) is 0 Å². The van der Waals surface area contributed by atoms with E-state index in [0.717, 1.165) is 0 Å². The van der Waals surface area contributed by atoms with E-state index in [1.807, 2.05) is 0 Å². The number of ether oxygens (including phenoxy) is 1. The second kappa shape index (κ2) is 18.9. The Morgan fingerprint density at radius 1 is 1.17 bits per heavy atom. The molecule has 0 amide bonds. The molecule has 0 aliphatic carbocycles. The highest BCUT2D eigenvalue weighted by atomic mass is 35.5. The topological polar surface area (TPSA) is 18.5 Å². The Balaban J connectivity index is 0. The molecule has 0 aromatic rings. The monoisotopic (exact) mass is 112 g/mol. The molecule has 0 rings (SSSR count). The summed E-state index contributed by atoms with van der Waals surface area (Å²) < 4.78 is 7.97. The molecule has 0 atom stereocenters. The highest BCUT2D eigenvalue weighted by Gasteiger charge is 1.31. The zero-order valence-corrected chi connectivity index (χ0v) is 4.95. The molecule has 0 saturated heterocycles. The van der Waals surface area contributed by atoms with Crippen molar-refractivity contribution in [3.05, 3.63) is 0 Å². The van der Waals surface area contributed by atoms with Crippen molar-refractivity contribution in [3.63, 3.8) is 0 Å². The molecule has 0 aromatic carbocycles. The van der Waals surface area contributed by atoms with E-state index in [2.05, 4.69) is 20.9 Å². The normalized spacial score (nSPS) is 6.00. The van der Waals surface area contributed by atoms with E-state index < -0.39 is 0 Å². The first-order chi connectivity index (χ1) is 2.83. The summed E-state index contributed by atoms with van der Waals surface area (Å²) in [7, 11) is 4.64. The van der Waals surface area contributed by atoms with Crippen LogP contribution in [0.1, 0.15) is 0 Å². The fraction of sp³-hybridized carbons (Fsp3) is 1.00. The third-order valence-electron chi connectivity index (χ3n) is 0. The Morgan fingerprint density at radius 2 is 1.17 bits per heavy atom. The fourth-order valence-corrected chi connectivity index (χ4v) is 0. The maximum absolute atomic E-state index is 4.50. The number of hydrogen-bond donors (Lipinski definition) is 0. The summed E-state index contributed by atoms with van der Waals surface area (Å²) in [6.45, 7) is 0. The van der Waals surface area contributed by atoms with Crippen molar-refractivity contribution < 1.29 is 9.03 Å². The van der Waals surface area contributed by atoms with Gasteiger partial charge in [0, 0.05) is 14.2 Å². The molecule has 0 spiro atoms. The van der Waals surface area contributed by atoms with Crippen molar-refractivity contribution in [2.45, 2.75) is 0 Å². The van der Waals surface area contributed by atoms with Crippen LogP contribution in [0.25, 0.3) is 0 Å². The first-order valence-corrected chi connectivity index (χ1v) is 1.69. The number of methoxy groups -OCH3 is 1. The van der Waals surface area contributed by atoms with Gasteiger partial charge in [0.15, 0.2) is 0 Å². The van der Waals surface area contributed by atoms with Gasteiger partial charge in [-0.2, -0.15) is 0 Å². The number of hydrogen-bond acceptors (Lipinski definition) is 2. The molecule has 0 saturated carbocycles. The molecule has 40 valence electrons. The van der Waals surface area contributed by atoms with Gasteiger partial charge >= 0.3 is 0 Å². The first-order valence-electron chi connectivity index (χ1n) is 1.38. The molecule has 0 radical (unpaired) electrons. The Hall–Kier alpha value is 0.210. The van der Waals surface area contributed by atoms with Gasteiger partial charge in [-0.25, -0.2) is 0 Å². The van der Waals surface area contributed by atoms with Crippen LogP contribution in [0.3, 0.4) is 0 Å². The SMILES string of the molecule is COC.COCl. The van der Waals surface area contributed by atoms with Crippen LogP contribution in [0.2, 0.25) is 0 Å². The fourth-order valence-electron chi connectivity index (χ4n) is 0. The molecule has 0 unspecified atom stereocenters. The average molecular weight is 113 g/mol. The molecule has 2 nitrogen and oxygen atoms in total. The minimum absolute atomic E-state index is 1.39. The van der Waals surface area contributed by atoms with Crippen LogP contribution in [0, 0.1) is 0 Å². The van der Waals surface area contributed by atoms with Crippen LogP contribution >= 0.6 is 11.9 Å². The van der Waals surface area contributed by atoms with E-state index in [4.69, 9.17) is 0 Å². The lowest BCUT2D eigenvalue weighted by Crippen LogP contribution is -1.55. The summed E-state index contributed by atoms with van der Waals surface area (Å²) in [4.78, 5) is 0. The van der Waals surface area contributed by atoms with Crippen molar-refractivity contribution in [1.82, 2.24) is 0 Å². The van der Waals surface area contributed by atoms with Gasteiger partial charge in [-0.05, 0) is 0 Å². The Labute approximate surface area is 43.2 Å². The van der Waals surface area contributed by atoms with E-state index >= 15 is 0 Å². The molecule has 0 aromatic heterocycles. The molecule has 0 aliphatic heterocycles. The molecule has 0 aliphatic rings. The second-order valence-corrected chi connectivity index (χ2v) is 0.871. The maximum Gasteiger partial charge on any atom is 0.0606 e. The first kappa shape index (κ1) is 9.51. The number of halogens is 1. The van der Waals surface area contributed by atoms with E-state index in [1.165, 1.54) is 7.11 Å². The van der Waals surface area contributed by atoms with Crippen molar-refractivity contribution in [2.24, 2.45) is 0 Å². The lowest BCUT2D eigenvalue weighted by Gasteiger charge is -1.61. The van der Waals surface area contributed by atoms with E-state index in [1.54, 1.807) is 14.2 Å². The van der Waals surface area contributed by atoms with Gasteiger partial charge in [-0.1, -0.05) is 0 Å². The number of rotatable bonds is 0. The molecule has 0 bridgehead atoms. The summed E-state index contributed by atoms with van der Waals surface area (Å²) in [5.74, 6) is 0. The quantitative estimate of drug-likeness (QED) is 0.466. The van der Waals surface area contributed by atoms with Crippen LogP contribution < -0.4 is 0 Å². The van der Waals surface area contributed by atoms with Crippen LogP contribution in [-0.4, -0.2) is 21.3 Å². The van der Waals surface area contributed by atoms with Gasteiger partial charge in [-0.3, -0.25) is 4.29 Å². The molecule has 0 fully saturated rings.